The molecular formula is C21H24ClN2O2+. The van der Waals surface area contributed by atoms with Crippen LogP contribution in [0.3, 0.4) is 0 Å². The van der Waals surface area contributed by atoms with Gasteiger partial charge in [-0.1, -0.05) is 48.0 Å². The molecule has 1 N–H and O–H groups in total. The average Bonchev–Trinajstić information content (AvgIpc) is 2.69. The third-order valence-corrected chi connectivity index (χ3v) is 4.77. The summed E-state index contributed by atoms with van der Waals surface area (Å²) in [5.74, 6) is 0.705. The van der Waals surface area contributed by atoms with Crippen molar-refractivity contribution in [3.8, 4) is 5.75 Å². The first-order chi connectivity index (χ1) is 12.7. The highest BCUT2D eigenvalue weighted by Crippen LogP contribution is 2.15. The maximum absolute atomic E-state index is 12.3. The molecule has 0 atom stereocenters. The van der Waals surface area contributed by atoms with Crippen molar-refractivity contribution in [3.63, 3.8) is 0 Å². The minimum absolute atomic E-state index is 0.0406. The summed E-state index contributed by atoms with van der Waals surface area (Å²) in [6.45, 7) is 4.54. The van der Waals surface area contributed by atoms with Crippen molar-refractivity contribution in [2.75, 3.05) is 39.3 Å². The smallest absolute Gasteiger partial charge is 0.260 e. The minimum Gasteiger partial charge on any atom is -0.484 e. The Hall–Kier alpha value is -2.30. The van der Waals surface area contributed by atoms with E-state index >= 15 is 0 Å². The summed E-state index contributed by atoms with van der Waals surface area (Å²) in [7, 11) is 0. The number of quaternary nitrogens is 1. The van der Waals surface area contributed by atoms with Crippen molar-refractivity contribution in [2.45, 2.75) is 0 Å². The topological polar surface area (TPSA) is 34.0 Å². The van der Waals surface area contributed by atoms with E-state index < -0.39 is 0 Å². The zero-order chi connectivity index (χ0) is 18.2. The lowest BCUT2D eigenvalue weighted by molar-refractivity contribution is -0.898. The molecule has 2 aromatic carbocycles. The third kappa shape index (κ3) is 5.61. The fourth-order valence-electron chi connectivity index (χ4n) is 2.97. The van der Waals surface area contributed by atoms with E-state index in [0.717, 1.165) is 32.7 Å². The van der Waals surface area contributed by atoms with Crippen molar-refractivity contribution in [1.29, 1.82) is 0 Å². The van der Waals surface area contributed by atoms with Gasteiger partial charge in [-0.3, -0.25) is 4.79 Å². The van der Waals surface area contributed by atoms with Gasteiger partial charge in [0.05, 0.1) is 32.7 Å². The van der Waals surface area contributed by atoms with E-state index in [9.17, 15) is 4.79 Å². The highest BCUT2D eigenvalue weighted by atomic mass is 35.5. The number of amides is 1. The highest BCUT2D eigenvalue weighted by molar-refractivity contribution is 6.30. The molecule has 3 rings (SSSR count). The van der Waals surface area contributed by atoms with Crippen LogP contribution in [0.1, 0.15) is 5.56 Å². The number of rotatable bonds is 6. The lowest BCUT2D eigenvalue weighted by Crippen LogP contribution is -3.14. The van der Waals surface area contributed by atoms with E-state index in [1.54, 1.807) is 24.3 Å². The number of hydrogen-bond acceptors (Lipinski definition) is 2. The summed E-state index contributed by atoms with van der Waals surface area (Å²) in [5, 5.41) is 0.657. The Balaban J connectivity index is 1.38. The van der Waals surface area contributed by atoms with Crippen LogP contribution in [0.25, 0.3) is 6.08 Å². The van der Waals surface area contributed by atoms with Crippen LogP contribution in [0.15, 0.2) is 60.7 Å². The Labute approximate surface area is 159 Å². The van der Waals surface area contributed by atoms with Gasteiger partial charge >= 0.3 is 0 Å². The van der Waals surface area contributed by atoms with Gasteiger partial charge in [-0.25, -0.2) is 0 Å². The molecule has 136 valence electrons. The number of hydrogen-bond donors (Lipinski definition) is 1. The second-order valence-electron chi connectivity index (χ2n) is 6.39. The molecule has 26 heavy (non-hydrogen) atoms. The van der Waals surface area contributed by atoms with Crippen molar-refractivity contribution in [2.24, 2.45) is 0 Å². The van der Waals surface area contributed by atoms with Gasteiger partial charge in [0, 0.05) is 5.02 Å². The number of nitrogens with zero attached hydrogens (tertiary/aromatic N) is 1. The Morgan fingerprint density at radius 2 is 1.77 bits per heavy atom. The van der Waals surface area contributed by atoms with Gasteiger partial charge in [0.15, 0.2) is 6.61 Å². The van der Waals surface area contributed by atoms with Crippen molar-refractivity contribution in [1.82, 2.24) is 4.90 Å². The number of nitrogens with one attached hydrogen (secondary N) is 1. The summed E-state index contributed by atoms with van der Waals surface area (Å²) >= 11 is 5.84. The van der Waals surface area contributed by atoms with E-state index in [4.69, 9.17) is 16.3 Å². The molecule has 1 aliphatic rings. The SMILES string of the molecule is O=C(COc1ccc(Cl)cc1)N1CC[NH+](C/C=C/c2ccccc2)CC1. The summed E-state index contributed by atoms with van der Waals surface area (Å²) in [4.78, 5) is 15.7. The fourth-order valence-corrected chi connectivity index (χ4v) is 3.10. The summed E-state index contributed by atoms with van der Waals surface area (Å²) in [5.41, 5.74) is 1.22. The first kappa shape index (κ1) is 18.5. The zero-order valence-corrected chi connectivity index (χ0v) is 15.5. The van der Waals surface area contributed by atoms with Gasteiger partial charge in [-0.2, -0.15) is 0 Å². The zero-order valence-electron chi connectivity index (χ0n) is 14.7. The van der Waals surface area contributed by atoms with Crippen LogP contribution in [-0.2, 0) is 4.79 Å². The Morgan fingerprint density at radius 3 is 2.46 bits per heavy atom. The molecule has 4 nitrogen and oxygen atoms in total. The monoisotopic (exact) mass is 371 g/mol. The first-order valence-electron chi connectivity index (χ1n) is 8.92. The number of ether oxygens (including phenoxy) is 1. The lowest BCUT2D eigenvalue weighted by Gasteiger charge is -2.31. The quantitative estimate of drug-likeness (QED) is 0.844. The van der Waals surface area contributed by atoms with Crippen LogP contribution in [0.5, 0.6) is 5.75 Å². The van der Waals surface area contributed by atoms with E-state index in [2.05, 4.69) is 24.3 Å². The third-order valence-electron chi connectivity index (χ3n) is 4.52. The molecule has 0 saturated carbocycles. The van der Waals surface area contributed by atoms with Crippen LogP contribution in [-0.4, -0.2) is 50.1 Å². The maximum Gasteiger partial charge on any atom is 0.260 e. The molecule has 1 heterocycles. The normalized spacial score (nSPS) is 15.3. The number of carbonyl (C=O) groups excluding carboxylic acids is 1. The standard InChI is InChI=1S/C21H23ClN2O2/c22-19-8-10-20(11-9-19)26-17-21(25)24-15-13-23(14-16-24)12-4-7-18-5-2-1-3-6-18/h1-11H,12-17H2/p+1/b7-4+. The molecule has 1 amide bonds. The summed E-state index contributed by atoms with van der Waals surface area (Å²) < 4.78 is 5.55. The Kier molecular flexibility index (Phi) is 6.69. The van der Waals surface area contributed by atoms with E-state index in [-0.39, 0.29) is 12.5 Å². The highest BCUT2D eigenvalue weighted by Gasteiger charge is 2.23. The van der Waals surface area contributed by atoms with Gasteiger partial charge in [0.25, 0.3) is 5.91 Å². The maximum atomic E-state index is 12.3. The number of carbonyl (C=O) groups is 1. The van der Waals surface area contributed by atoms with Crippen LogP contribution in [0.4, 0.5) is 0 Å². The van der Waals surface area contributed by atoms with Crippen LogP contribution in [0, 0.1) is 0 Å². The number of benzene rings is 2. The van der Waals surface area contributed by atoms with Gasteiger partial charge in [0.2, 0.25) is 0 Å². The van der Waals surface area contributed by atoms with E-state index in [0.29, 0.717) is 10.8 Å². The van der Waals surface area contributed by atoms with Crippen molar-refractivity contribution >= 4 is 23.6 Å². The predicted octanol–water partition coefficient (Wildman–Crippen LogP) is 2.16. The lowest BCUT2D eigenvalue weighted by atomic mass is 10.2. The van der Waals surface area contributed by atoms with Crippen LogP contribution in [0.2, 0.25) is 5.02 Å². The summed E-state index contributed by atoms with van der Waals surface area (Å²) in [6, 6.07) is 17.4. The van der Waals surface area contributed by atoms with Gasteiger partial charge < -0.3 is 14.5 Å². The molecule has 0 bridgehead atoms. The molecule has 0 radical (unpaired) electrons. The van der Waals surface area contributed by atoms with Gasteiger partial charge in [0.1, 0.15) is 5.75 Å². The molecule has 0 unspecified atom stereocenters. The van der Waals surface area contributed by atoms with Crippen LogP contribution >= 0.6 is 11.6 Å². The Bertz CT molecular complexity index is 723. The van der Waals surface area contributed by atoms with Gasteiger partial charge in [-0.05, 0) is 35.9 Å². The minimum atomic E-state index is 0.0406. The molecule has 5 heteroatoms. The van der Waals surface area contributed by atoms with Crippen molar-refractivity contribution < 1.29 is 14.4 Å². The molecular weight excluding hydrogens is 348 g/mol. The molecule has 0 aliphatic carbocycles. The number of piperazine rings is 1. The number of halogens is 1. The predicted molar refractivity (Wildman–Crippen MR) is 105 cm³/mol. The second kappa shape index (κ2) is 9.41. The second-order valence-corrected chi connectivity index (χ2v) is 6.83. The fraction of sp³-hybridized carbons (Fsp3) is 0.286. The Morgan fingerprint density at radius 1 is 1.08 bits per heavy atom. The largest absolute Gasteiger partial charge is 0.484 e. The molecule has 1 aliphatic heterocycles. The van der Waals surface area contributed by atoms with Gasteiger partial charge in [-0.15, -0.1) is 0 Å². The average molecular weight is 372 g/mol. The molecule has 1 saturated heterocycles. The molecule has 1 fully saturated rings. The van der Waals surface area contributed by atoms with E-state index in [1.807, 2.05) is 23.1 Å². The molecule has 2 aromatic rings. The molecule has 0 aromatic heterocycles. The molecule has 0 spiro atoms. The summed E-state index contributed by atoms with van der Waals surface area (Å²) in [6.07, 6.45) is 4.37. The van der Waals surface area contributed by atoms with Crippen LogP contribution < -0.4 is 9.64 Å². The van der Waals surface area contributed by atoms with Crippen molar-refractivity contribution in [3.05, 3.63) is 71.3 Å². The van der Waals surface area contributed by atoms with E-state index in [1.165, 1.54) is 10.5 Å². The first-order valence-corrected chi connectivity index (χ1v) is 9.30.